The van der Waals surface area contributed by atoms with Crippen LogP contribution in [0.25, 0.3) is 11.1 Å². The van der Waals surface area contributed by atoms with Gasteiger partial charge in [-0.1, -0.05) is 29.8 Å². The van der Waals surface area contributed by atoms with Crippen molar-refractivity contribution in [3.8, 4) is 11.1 Å². The monoisotopic (exact) mass is 884 g/mol. The van der Waals surface area contributed by atoms with E-state index in [2.05, 4.69) is 35.9 Å². The highest BCUT2D eigenvalue weighted by atomic mass is 35.5. The molecule has 4 rings (SSSR count). The number of carbonyl (C=O) groups excluding carboxylic acids is 3. The first-order chi connectivity index (χ1) is 30.1. The fourth-order valence-corrected chi connectivity index (χ4v) is 7.07. The van der Waals surface area contributed by atoms with Gasteiger partial charge in [0.15, 0.2) is 0 Å². The molecule has 2 atom stereocenters. The second-order valence-corrected chi connectivity index (χ2v) is 15.3. The maximum absolute atomic E-state index is 12.9. The number of carbonyl (C=O) groups is 3. The molecule has 3 N–H and O–H groups in total. The lowest BCUT2D eigenvalue weighted by atomic mass is 9.79. The molecule has 0 spiro atoms. The van der Waals surface area contributed by atoms with Gasteiger partial charge in [-0.25, -0.2) is 0 Å². The van der Waals surface area contributed by atoms with E-state index >= 15 is 0 Å². The Morgan fingerprint density at radius 1 is 0.613 bits per heavy atom. The smallest absolute Gasteiger partial charge is 0.251 e. The Bertz CT molecular complexity index is 1770. The third-order valence-electron chi connectivity index (χ3n) is 9.84. The van der Waals surface area contributed by atoms with Crippen molar-refractivity contribution in [1.29, 1.82) is 0 Å². The molecule has 0 aromatic heterocycles. The zero-order valence-electron chi connectivity index (χ0n) is 36.7. The Labute approximate surface area is 371 Å². The third-order valence-corrected chi connectivity index (χ3v) is 10.1. The molecule has 0 radical (unpaired) electrons. The van der Waals surface area contributed by atoms with E-state index in [1.54, 1.807) is 6.92 Å². The van der Waals surface area contributed by atoms with Crippen LogP contribution in [-0.2, 0) is 53.0 Å². The fourth-order valence-electron chi connectivity index (χ4n) is 6.94. The van der Waals surface area contributed by atoms with E-state index in [-0.39, 0.29) is 23.8 Å². The SMILES string of the molecule is CC(=O)NCCOCCOCCOCCOCCOCCOCCOCCOCCNC(=O)c1ccc(-c2ccc3c(c2)[C@@](C)(Nc2ccc(Cl)cc2)C[C@H](C)N3C(C)=O)cc1. The Morgan fingerprint density at radius 2 is 1.05 bits per heavy atom. The Hall–Kier alpha value is -4.16. The van der Waals surface area contributed by atoms with Crippen molar-refractivity contribution >= 4 is 40.7 Å². The van der Waals surface area contributed by atoms with E-state index in [1.807, 2.05) is 65.6 Å². The quantitative estimate of drug-likeness (QED) is 0.0699. The molecule has 342 valence electrons. The minimum atomic E-state index is -0.451. The molecule has 0 aliphatic carbocycles. The lowest BCUT2D eigenvalue weighted by Gasteiger charge is -2.46. The molecular formula is C46H65ClN4O11. The number of amides is 3. The molecule has 15 nitrogen and oxygen atoms in total. The summed E-state index contributed by atoms with van der Waals surface area (Å²) in [5, 5.41) is 9.95. The average Bonchev–Trinajstić information content (AvgIpc) is 3.25. The summed E-state index contributed by atoms with van der Waals surface area (Å²) >= 11 is 6.15. The van der Waals surface area contributed by atoms with E-state index in [0.29, 0.717) is 136 Å². The first-order valence-electron chi connectivity index (χ1n) is 21.3. The molecule has 1 aliphatic heterocycles. The predicted molar refractivity (Wildman–Crippen MR) is 239 cm³/mol. The number of benzene rings is 3. The van der Waals surface area contributed by atoms with Gasteiger partial charge in [0.1, 0.15) is 0 Å². The van der Waals surface area contributed by atoms with Crippen molar-refractivity contribution in [3.63, 3.8) is 0 Å². The molecule has 0 bridgehead atoms. The number of fused-ring (bicyclic) bond motifs is 1. The number of halogens is 1. The topological polar surface area (TPSA) is 164 Å². The van der Waals surface area contributed by atoms with Gasteiger partial charge < -0.3 is 58.7 Å². The van der Waals surface area contributed by atoms with Gasteiger partial charge in [0.05, 0.1) is 111 Å². The summed E-state index contributed by atoms with van der Waals surface area (Å²) in [7, 11) is 0. The van der Waals surface area contributed by atoms with Crippen LogP contribution in [0.1, 0.15) is 50.0 Å². The largest absolute Gasteiger partial charge is 0.377 e. The van der Waals surface area contributed by atoms with Gasteiger partial charge in [-0.15, -0.1) is 0 Å². The Kier molecular flexibility index (Phi) is 23.2. The van der Waals surface area contributed by atoms with Crippen molar-refractivity contribution in [2.45, 2.75) is 45.7 Å². The van der Waals surface area contributed by atoms with Crippen LogP contribution in [0.15, 0.2) is 66.7 Å². The predicted octanol–water partition coefficient (Wildman–Crippen LogP) is 5.48. The van der Waals surface area contributed by atoms with Crippen molar-refractivity contribution < 1.29 is 52.3 Å². The molecule has 62 heavy (non-hydrogen) atoms. The third kappa shape index (κ3) is 18.3. The van der Waals surface area contributed by atoms with Crippen molar-refractivity contribution in [3.05, 3.63) is 82.9 Å². The number of hydrogen-bond donors (Lipinski definition) is 3. The number of ether oxygens (including phenoxy) is 8. The summed E-state index contributed by atoms with van der Waals surface area (Å²) in [5.41, 5.74) is 4.90. The Balaban J connectivity index is 0.992. The van der Waals surface area contributed by atoms with Crippen LogP contribution in [0.2, 0.25) is 5.02 Å². The van der Waals surface area contributed by atoms with Crippen molar-refractivity contribution in [2.75, 3.05) is 129 Å². The normalized spacial score (nSPS) is 15.9. The average molecular weight is 885 g/mol. The number of nitrogens with zero attached hydrogens (tertiary/aromatic N) is 1. The summed E-state index contributed by atoms with van der Waals surface area (Å²) < 4.78 is 43.9. The lowest BCUT2D eigenvalue weighted by Crippen LogP contribution is -2.49. The van der Waals surface area contributed by atoms with Crippen LogP contribution in [0, 0.1) is 0 Å². The second kappa shape index (κ2) is 28.5. The van der Waals surface area contributed by atoms with Gasteiger partial charge >= 0.3 is 0 Å². The van der Waals surface area contributed by atoms with Gasteiger partial charge in [0, 0.05) is 60.5 Å². The molecule has 0 saturated heterocycles. The lowest BCUT2D eigenvalue weighted by molar-refractivity contribution is -0.119. The molecule has 3 amide bonds. The van der Waals surface area contributed by atoms with Crippen LogP contribution in [0.5, 0.6) is 0 Å². The fraction of sp³-hybridized carbons (Fsp3) is 0.543. The van der Waals surface area contributed by atoms with Crippen LogP contribution in [0.3, 0.4) is 0 Å². The van der Waals surface area contributed by atoms with Gasteiger partial charge in [-0.05, 0) is 79.9 Å². The van der Waals surface area contributed by atoms with E-state index < -0.39 is 5.54 Å². The van der Waals surface area contributed by atoms with Crippen molar-refractivity contribution in [1.82, 2.24) is 10.6 Å². The molecule has 3 aromatic carbocycles. The Morgan fingerprint density at radius 3 is 1.50 bits per heavy atom. The number of anilines is 2. The minimum Gasteiger partial charge on any atom is -0.377 e. The van der Waals surface area contributed by atoms with Gasteiger partial charge in [-0.2, -0.15) is 0 Å². The van der Waals surface area contributed by atoms with Crippen LogP contribution < -0.4 is 20.9 Å². The highest BCUT2D eigenvalue weighted by Crippen LogP contribution is 2.45. The summed E-state index contributed by atoms with van der Waals surface area (Å²) in [5.74, 6) is -0.246. The molecule has 16 heteroatoms. The zero-order chi connectivity index (χ0) is 44.4. The van der Waals surface area contributed by atoms with Crippen LogP contribution >= 0.6 is 11.6 Å². The maximum Gasteiger partial charge on any atom is 0.251 e. The van der Waals surface area contributed by atoms with E-state index in [0.717, 1.165) is 28.1 Å². The first-order valence-corrected chi connectivity index (χ1v) is 21.7. The van der Waals surface area contributed by atoms with Gasteiger partial charge in [0.25, 0.3) is 5.91 Å². The van der Waals surface area contributed by atoms with E-state index in [1.165, 1.54) is 6.92 Å². The van der Waals surface area contributed by atoms with E-state index in [9.17, 15) is 14.4 Å². The molecular weight excluding hydrogens is 820 g/mol. The van der Waals surface area contributed by atoms with Crippen LogP contribution in [-0.4, -0.2) is 143 Å². The van der Waals surface area contributed by atoms with Gasteiger partial charge in [-0.3, -0.25) is 14.4 Å². The molecule has 0 unspecified atom stereocenters. The minimum absolute atomic E-state index is 0.00187. The standard InChI is InChI=1S/C46H65ClN4O11/c1-35-34-46(4,50-42-12-10-41(47)11-13-42)43-33-40(9-14-44(43)51(35)37(3)53)38-5-7-39(8-6-38)45(54)49-16-18-56-20-22-58-24-26-60-28-30-62-32-31-61-29-27-59-25-23-57-21-19-55-17-15-48-36(2)52/h5-14,33,35,50H,15-32,34H2,1-4H3,(H,48,52)(H,49,54)/t35-,46-/m0/s1. The highest BCUT2D eigenvalue weighted by Gasteiger charge is 2.40. The number of hydrogen-bond acceptors (Lipinski definition) is 12. The van der Waals surface area contributed by atoms with Gasteiger partial charge in [0.2, 0.25) is 11.8 Å². The second-order valence-electron chi connectivity index (χ2n) is 14.9. The summed E-state index contributed by atoms with van der Waals surface area (Å²) in [6.07, 6.45) is 0.715. The zero-order valence-corrected chi connectivity index (χ0v) is 37.4. The maximum atomic E-state index is 12.9. The summed E-state index contributed by atoms with van der Waals surface area (Å²) in [6, 6.07) is 21.3. The highest BCUT2D eigenvalue weighted by molar-refractivity contribution is 6.30. The first kappa shape index (κ1) is 50.5. The summed E-state index contributed by atoms with van der Waals surface area (Å²) in [4.78, 5) is 38.2. The van der Waals surface area contributed by atoms with E-state index in [4.69, 9.17) is 49.5 Å². The summed E-state index contributed by atoms with van der Waals surface area (Å²) in [6.45, 7) is 15.5. The van der Waals surface area contributed by atoms with Crippen LogP contribution in [0.4, 0.5) is 11.4 Å². The number of rotatable bonds is 31. The molecule has 3 aromatic rings. The molecule has 1 aliphatic rings. The molecule has 0 fully saturated rings. The van der Waals surface area contributed by atoms with Crippen molar-refractivity contribution in [2.24, 2.45) is 0 Å². The number of nitrogens with one attached hydrogen (secondary N) is 3. The molecule has 1 heterocycles. The molecule has 0 saturated carbocycles.